The molecule has 0 heterocycles. The van der Waals surface area contributed by atoms with E-state index in [0.29, 0.717) is 0 Å². The zero-order valence-corrected chi connectivity index (χ0v) is 10.6. The molecule has 1 rings (SSSR count). The van der Waals surface area contributed by atoms with Gasteiger partial charge in [0.2, 0.25) is 5.24 Å². The monoisotopic (exact) mass is 230 g/mol. The van der Waals surface area contributed by atoms with Crippen LogP contribution in [0.3, 0.4) is 0 Å². The third kappa shape index (κ3) is 5.01. The fourth-order valence-corrected chi connectivity index (χ4v) is 2.55. The Morgan fingerprint density at radius 2 is 1.73 bits per heavy atom. The number of halogens is 1. The summed E-state index contributed by atoms with van der Waals surface area (Å²) in [5, 5.41) is -0.116. The van der Waals surface area contributed by atoms with Crippen LogP contribution in [0.15, 0.2) is 0 Å². The first-order chi connectivity index (χ1) is 7.24. The van der Waals surface area contributed by atoms with Crippen LogP contribution in [-0.2, 0) is 4.79 Å². The van der Waals surface area contributed by atoms with E-state index in [1.807, 2.05) is 0 Å². The number of unbranched alkanes of at least 4 members (excludes halogenated alkanes) is 5. The predicted octanol–water partition coefficient (Wildman–Crippen LogP) is 4.53. The van der Waals surface area contributed by atoms with Crippen LogP contribution in [0.25, 0.3) is 0 Å². The Labute approximate surface area is 98.6 Å². The summed E-state index contributed by atoms with van der Waals surface area (Å²) in [6.45, 7) is 2.25. The van der Waals surface area contributed by atoms with Crippen molar-refractivity contribution in [1.82, 2.24) is 0 Å². The highest BCUT2D eigenvalue weighted by Gasteiger charge is 2.32. The van der Waals surface area contributed by atoms with Crippen LogP contribution in [0.5, 0.6) is 0 Å². The van der Waals surface area contributed by atoms with E-state index in [-0.39, 0.29) is 11.2 Å². The summed E-state index contributed by atoms with van der Waals surface area (Å²) in [5.74, 6) is 0.987. The summed E-state index contributed by atoms with van der Waals surface area (Å²) >= 11 is 5.42. The quantitative estimate of drug-likeness (QED) is 0.442. The molecule has 0 saturated heterocycles. The van der Waals surface area contributed by atoms with Gasteiger partial charge in [0.15, 0.2) is 0 Å². The Morgan fingerprint density at radius 3 is 2.33 bits per heavy atom. The number of rotatable bonds is 8. The lowest BCUT2D eigenvalue weighted by molar-refractivity contribution is -0.118. The first-order valence-corrected chi connectivity index (χ1v) is 6.81. The molecule has 1 aliphatic carbocycles. The summed E-state index contributed by atoms with van der Waals surface area (Å²) in [5.41, 5.74) is 0. The minimum Gasteiger partial charge on any atom is -0.281 e. The maximum Gasteiger partial charge on any atom is 0.224 e. The van der Waals surface area contributed by atoms with Crippen molar-refractivity contribution in [1.29, 1.82) is 0 Å². The van der Waals surface area contributed by atoms with Gasteiger partial charge in [0.1, 0.15) is 0 Å². The van der Waals surface area contributed by atoms with Gasteiger partial charge in [-0.15, -0.1) is 0 Å². The lowest BCUT2D eigenvalue weighted by atomic mass is 9.73. The largest absolute Gasteiger partial charge is 0.281 e. The molecular formula is C13H23ClO. The van der Waals surface area contributed by atoms with E-state index in [1.165, 1.54) is 44.9 Å². The molecule has 0 atom stereocenters. The van der Waals surface area contributed by atoms with Gasteiger partial charge in [-0.25, -0.2) is 0 Å². The number of carbonyl (C=O) groups is 1. The van der Waals surface area contributed by atoms with Gasteiger partial charge < -0.3 is 0 Å². The molecule has 1 aliphatic rings. The predicted molar refractivity (Wildman–Crippen MR) is 65.1 cm³/mol. The van der Waals surface area contributed by atoms with E-state index < -0.39 is 0 Å². The average Bonchev–Trinajstić information content (AvgIpc) is 2.12. The van der Waals surface area contributed by atoms with E-state index >= 15 is 0 Å². The number of hydrogen-bond donors (Lipinski definition) is 0. The van der Waals surface area contributed by atoms with Gasteiger partial charge in [-0.05, 0) is 30.4 Å². The molecule has 0 bridgehead atoms. The van der Waals surface area contributed by atoms with Crippen molar-refractivity contribution >= 4 is 16.8 Å². The van der Waals surface area contributed by atoms with Crippen LogP contribution in [0.2, 0.25) is 0 Å². The van der Waals surface area contributed by atoms with E-state index in [9.17, 15) is 4.79 Å². The Bertz CT molecular complexity index is 185. The lowest BCUT2D eigenvalue weighted by Gasteiger charge is -2.32. The Hall–Kier alpha value is -0.0400. The fraction of sp³-hybridized carbons (Fsp3) is 0.923. The molecule has 2 heteroatoms. The molecule has 1 nitrogen and oxygen atoms in total. The highest BCUT2D eigenvalue weighted by molar-refractivity contribution is 6.64. The summed E-state index contributed by atoms with van der Waals surface area (Å²) in [6, 6.07) is 0. The van der Waals surface area contributed by atoms with E-state index in [4.69, 9.17) is 11.6 Å². The molecule has 0 amide bonds. The number of hydrogen-bond acceptors (Lipinski definition) is 1. The molecule has 0 aromatic carbocycles. The molecule has 0 unspecified atom stereocenters. The molecule has 0 radical (unpaired) electrons. The fourth-order valence-electron chi connectivity index (χ4n) is 2.37. The van der Waals surface area contributed by atoms with Crippen LogP contribution in [0, 0.1) is 11.8 Å². The second-order valence-corrected chi connectivity index (χ2v) is 5.27. The maximum absolute atomic E-state index is 10.8. The maximum atomic E-state index is 10.8. The van der Waals surface area contributed by atoms with Crippen LogP contribution in [0.4, 0.5) is 0 Å². The van der Waals surface area contributed by atoms with Gasteiger partial charge in [0.25, 0.3) is 0 Å². The lowest BCUT2D eigenvalue weighted by Crippen LogP contribution is -2.27. The van der Waals surface area contributed by atoms with Crippen molar-refractivity contribution < 1.29 is 4.79 Å². The minimum absolute atomic E-state index is 0.116. The third-order valence-corrected chi connectivity index (χ3v) is 3.83. The first-order valence-electron chi connectivity index (χ1n) is 6.43. The summed E-state index contributed by atoms with van der Waals surface area (Å²) < 4.78 is 0. The molecule has 1 saturated carbocycles. The molecular weight excluding hydrogens is 208 g/mol. The second kappa shape index (κ2) is 7.27. The summed E-state index contributed by atoms with van der Waals surface area (Å²) in [4.78, 5) is 10.8. The standard InChI is InChI=1S/C13H23ClO/c1-2-3-4-5-6-7-8-11-9-12(10-11)13(14)15/h11-12H,2-10H2,1H3. The zero-order chi connectivity index (χ0) is 11.1. The summed E-state index contributed by atoms with van der Waals surface area (Å²) in [7, 11) is 0. The second-order valence-electron chi connectivity index (χ2n) is 4.89. The van der Waals surface area contributed by atoms with Gasteiger partial charge in [-0.3, -0.25) is 4.79 Å². The first kappa shape index (κ1) is 13.0. The van der Waals surface area contributed by atoms with Crippen molar-refractivity contribution in [2.75, 3.05) is 0 Å². The van der Waals surface area contributed by atoms with Crippen molar-refractivity contribution in [3.05, 3.63) is 0 Å². The normalized spacial score (nSPS) is 24.9. The Kier molecular flexibility index (Phi) is 6.31. The molecule has 88 valence electrons. The molecule has 0 aromatic rings. The highest BCUT2D eigenvalue weighted by Crippen LogP contribution is 2.38. The van der Waals surface area contributed by atoms with Gasteiger partial charge >= 0.3 is 0 Å². The zero-order valence-electron chi connectivity index (χ0n) is 9.80. The van der Waals surface area contributed by atoms with Crippen LogP contribution in [0.1, 0.15) is 64.7 Å². The van der Waals surface area contributed by atoms with Gasteiger partial charge in [0.05, 0.1) is 0 Å². The van der Waals surface area contributed by atoms with Crippen molar-refractivity contribution in [3.63, 3.8) is 0 Å². The van der Waals surface area contributed by atoms with Crippen LogP contribution in [-0.4, -0.2) is 5.24 Å². The van der Waals surface area contributed by atoms with Gasteiger partial charge in [-0.2, -0.15) is 0 Å². The van der Waals surface area contributed by atoms with Crippen molar-refractivity contribution in [2.45, 2.75) is 64.7 Å². The summed E-state index contributed by atoms with van der Waals surface area (Å²) in [6.07, 6.45) is 11.6. The van der Waals surface area contributed by atoms with E-state index in [0.717, 1.165) is 18.8 Å². The third-order valence-electron chi connectivity index (χ3n) is 3.52. The van der Waals surface area contributed by atoms with Gasteiger partial charge in [-0.1, -0.05) is 51.9 Å². The smallest absolute Gasteiger partial charge is 0.224 e. The molecule has 0 N–H and O–H groups in total. The molecule has 0 aliphatic heterocycles. The molecule has 1 fully saturated rings. The van der Waals surface area contributed by atoms with Crippen molar-refractivity contribution in [2.24, 2.45) is 11.8 Å². The highest BCUT2D eigenvalue weighted by atomic mass is 35.5. The average molecular weight is 231 g/mol. The van der Waals surface area contributed by atoms with Crippen molar-refractivity contribution in [3.8, 4) is 0 Å². The Morgan fingerprint density at radius 1 is 1.13 bits per heavy atom. The molecule has 0 spiro atoms. The van der Waals surface area contributed by atoms with E-state index in [2.05, 4.69) is 6.92 Å². The number of carbonyl (C=O) groups excluding carboxylic acids is 1. The van der Waals surface area contributed by atoms with Crippen LogP contribution < -0.4 is 0 Å². The molecule has 15 heavy (non-hydrogen) atoms. The van der Waals surface area contributed by atoms with Crippen LogP contribution >= 0.6 is 11.6 Å². The van der Waals surface area contributed by atoms with E-state index in [1.54, 1.807) is 0 Å². The van der Waals surface area contributed by atoms with Gasteiger partial charge in [0, 0.05) is 5.92 Å². The SMILES string of the molecule is CCCCCCCCC1CC(C(=O)Cl)C1. The minimum atomic E-state index is -0.116. The molecule has 0 aromatic heterocycles. The topological polar surface area (TPSA) is 17.1 Å². The Balaban J connectivity index is 1.84.